The molecule has 3 aromatic carbocycles. The number of hydrazone groups is 1. The van der Waals surface area contributed by atoms with E-state index < -0.39 is 0 Å². The molecule has 0 spiro atoms. The van der Waals surface area contributed by atoms with Crippen LogP contribution in [0, 0.1) is 0 Å². The van der Waals surface area contributed by atoms with E-state index in [1.54, 1.807) is 26.4 Å². The van der Waals surface area contributed by atoms with Crippen LogP contribution < -0.4 is 14.9 Å². The molecule has 0 saturated carbocycles. The van der Waals surface area contributed by atoms with Crippen molar-refractivity contribution in [3.63, 3.8) is 0 Å². The van der Waals surface area contributed by atoms with Crippen LogP contribution in [0.2, 0.25) is 0 Å². The van der Waals surface area contributed by atoms with Gasteiger partial charge in [-0.1, -0.05) is 42.5 Å². The first-order valence-corrected chi connectivity index (χ1v) is 8.46. The molecular formula is C21H20N2O3. The summed E-state index contributed by atoms with van der Waals surface area (Å²) in [5, 5.41) is 17.3. The van der Waals surface area contributed by atoms with E-state index in [9.17, 15) is 5.11 Å². The van der Waals surface area contributed by atoms with Gasteiger partial charge in [0.25, 0.3) is 0 Å². The van der Waals surface area contributed by atoms with Crippen molar-refractivity contribution in [3.05, 3.63) is 65.7 Å². The van der Waals surface area contributed by atoms with Crippen molar-refractivity contribution >= 4 is 16.5 Å². The molecule has 0 bridgehead atoms. The van der Waals surface area contributed by atoms with Crippen LogP contribution in [0.15, 0.2) is 59.7 Å². The van der Waals surface area contributed by atoms with Gasteiger partial charge in [-0.3, -0.25) is 0 Å². The molecule has 5 nitrogen and oxygen atoms in total. The fourth-order valence-corrected chi connectivity index (χ4v) is 3.44. The third kappa shape index (κ3) is 2.71. The Bertz CT molecular complexity index is 992. The van der Waals surface area contributed by atoms with Crippen LogP contribution in [0.1, 0.15) is 23.6 Å². The predicted molar refractivity (Wildman–Crippen MR) is 102 cm³/mol. The average molecular weight is 348 g/mol. The van der Waals surface area contributed by atoms with Gasteiger partial charge in [0, 0.05) is 18.1 Å². The molecule has 0 aliphatic carbocycles. The van der Waals surface area contributed by atoms with Gasteiger partial charge in [-0.25, -0.2) is 0 Å². The molecule has 1 heterocycles. The van der Waals surface area contributed by atoms with Crippen LogP contribution in [-0.4, -0.2) is 25.0 Å². The molecule has 1 unspecified atom stereocenters. The minimum absolute atomic E-state index is 0.0589. The number of benzene rings is 3. The third-order valence-electron chi connectivity index (χ3n) is 4.76. The van der Waals surface area contributed by atoms with Gasteiger partial charge in [0.15, 0.2) is 11.5 Å². The van der Waals surface area contributed by atoms with E-state index in [4.69, 9.17) is 9.47 Å². The Labute approximate surface area is 151 Å². The average Bonchev–Trinajstić information content (AvgIpc) is 3.17. The lowest BCUT2D eigenvalue weighted by molar-refractivity contribution is 0.351. The van der Waals surface area contributed by atoms with Crippen LogP contribution in [0.25, 0.3) is 10.8 Å². The van der Waals surface area contributed by atoms with Crippen LogP contribution in [-0.2, 0) is 0 Å². The van der Waals surface area contributed by atoms with Crippen molar-refractivity contribution in [1.82, 2.24) is 5.43 Å². The first kappa shape index (κ1) is 16.3. The van der Waals surface area contributed by atoms with E-state index in [1.807, 2.05) is 12.1 Å². The number of fused-ring (bicyclic) bond motifs is 1. The third-order valence-corrected chi connectivity index (χ3v) is 4.76. The lowest BCUT2D eigenvalue weighted by Gasteiger charge is -2.14. The summed E-state index contributed by atoms with van der Waals surface area (Å²) in [6.07, 6.45) is 0.678. The second-order valence-electron chi connectivity index (χ2n) is 6.24. The quantitative estimate of drug-likeness (QED) is 0.748. The highest BCUT2D eigenvalue weighted by atomic mass is 16.5. The van der Waals surface area contributed by atoms with Gasteiger partial charge in [0.1, 0.15) is 5.75 Å². The van der Waals surface area contributed by atoms with Crippen molar-refractivity contribution < 1.29 is 14.6 Å². The van der Waals surface area contributed by atoms with E-state index in [2.05, 4.69) is 40.9 Å². The summed E-state index contributed by atoms with van der Waals surface area (Å²) in [5.74, 6) is 1.18. The number of hydrogen-bond acceptors (Lipinski definition) is 5. The first-order valence-electron chi connectivity index (χ1n) is 8.46. The predicted octanol–water partition coefficient (Wildman–Crippen LogP) is 4.00. The molecular weight excluding hydrogens is 328 g/mol. The van der Waals surface area contributed by atoms with Crippen LogP contribution in [0.5, 0.6) is 17.2 Å². The van der Waals surface area contributed by atoms with Gasteiger partial charge >= 0.3 is 0 Å². The molecule has 0 amide bonds. The van der Waals surface area contributed by atoms with Gasteiger partial charge < -0.3 is 20.0 Å². The molecule has 0 radical (unpaired) electrons. The Hall–Kier alpha value is -3.21. The van der Waals surface area contributed by atoms with Gasteiger partial charge in [-0.05, 0) is 22.4 Å². The highest BCUT2D eigenvalue weighted by molar-refractivity contribution is 6.05. The maximum absolute atomic E-state index is 10.4. The summed E-state index contributed by atoms with van der Waals surface area (Å²) in [5.41, 5.74) is 5.85. The highest BCUT2D eigenvalue weighted by Crippen LogP contribution is 2.37. The lowest BCUT2D eigenvalue weighted by Crippen LogP contribution is -2.10. The Kier molecular flexibility index (Phi) is 4.13. The number of rotatable bonds is 4. The van der Waals surface area contributed by atoms with E-state index >= 15 is 0 Å². The molecule has 132 valence electrons. The number of methoxy groups -OCH3 is 2. The monoisotopic (exact) mass is 348 g/mol. The van der Waals surface area contributed by atoms with Crippen molar-refractivity contribution in [1.29, 1.82) is 0 Å². The fraction of sp³-hybridized carbons (Fsp3) is 0.190. The SMILES string of the molecule is COc1cc(O)c(C2=NNC(c3cccc4ccccc34)C2)cc1OC. The van der Waals surface area contributed by atoms with Gasteiger partial charge in [0.2, 0.25) is 0 Å². The van der Waals surface area contributed by atoms with Gasteiger partial charge in [-0.15, -0.1) is 0 Å². The maximum atomic E-state index is 10.4. The van der Waals surface area contributed by atoms with Crippen LogP contribution in [0.4, 0.5) is 0 Å². The number of phenols is 1. The van der Waals surface area contributed by atoms with Crippen molar-refractivity contribution in [2.24, 2.45) is 5.10 Å². The zero-order valence-corrected chi connectivity index (χ0v) is 14.7. The van der Waals surface area contributed by atoms with E-state index in [0.29, 0.717) is 23.5 Å². The minimum atomic E-state index is 0.0589. The van der Waals surface area contributed by atoms with Crippen molar-refractivity contribution in [3.8, 4) is 17.2 Å². The summed E-state index contributed by atoms with van der Waals surface area (Å²) < 4.78 is 10.6. The smallest absolute Gasteiger partial charge is 0.164 e. The summed E-state index contributed by atoms with van der Waals surface area (Å²) in [6.45, 7) is 0. The molecule has 0 aromatic heterocycles. The second kappa shape index (κ2) is 6.59. The van der Waals surface area contributed by atoms with Crippen molar-refractivity contribution in [2.75, 3.05) is 14.2 Å². The normalized spacial score (nSPS) is 16.2. The summed E-state index contributed by atoms with van der Waals surface area (Å²) in [4.78, 5) is 0. The Morgan fingerprint density at radius 1 is 1.00 bits per heavy atom. The second-order valence-corrected chi connectivity index (χ2v) is 6.24. The molecule has 3 aromatic rings. The Morgan fingerprint density at radius 3 is 2.54 bits per heavy atom. The van der Waals surface area contributed by atoms with Crippen molar-refractivity contribution in [2.45, 2.75) is 12.5 Å². The lowest BCUT2D eigenvalue weighted by atomic mass is 9.94. The molecule has 2 N–H and O–H groups in total. The Morgan fingerprint density at radius 2 is 1.73 bits per heavy atom. The first-order chi connectivity index (χ1) is 12.7. The van der Waals surface area contributed by atoms with E-state index in [1.165, 1.54) is 16.3 Å². The summed E-state index contributed by atoms with van der Waals surface area (Å²) >= 11 is 0. The topological polar surface area (TPSA) is 63.1 Å². The highest BCUT2D eigenvalue weighted by Gasteiger charge is 2.25. The van der Waals surface area contributed by atoms with Crippen LogP contribution in [0.3, 0.4) is 0 Å². The summed E-state index contributed by atoms with van der Waals surface area (Å²) in [7, 11) is 3.12. The molecule has 5 heteroatoms. The number of phenolic OH excluding ortho intramolecular Hbond substituents is 1. The zero-order valence-electron chi connectivity index (χ0n) is 14.7. The van der Waals surface area contributed by atoms with E-state index in [0.717, 1.165) is 5.71 Å². The maximum Gasteiger partial charge on any atom is 0.164 e. The molecule has 0 saturated heterocycles. The molecule has 4 rings (SSSR count). The number of ether oxygens (including phenoxy) is 2. The molecule has 0 fully saturated rings. The molecule has 26 heavy (non-hydrogen) atoms. The minimum Gasteiger partial charge on any atom is -0.507 e. The number of nitrogens with zero attached hydrogens (tertiary/aromatic N) is 1. The standard InChI is InChI=1S/C21H20N2O3/c1-25-20-10-16(19(24)12-21(20)26-2)18-11-17(22-23-18)15-9-5-7-13-6-3-4-8-14(13)15/h3-10,12,17,22,24H,11H2,1-2H3. The molecule has 1 aliphatic rings. The number of nitrogens with one attached hydrogen (secondary N) is 1. The number of aromatic hydroxyl groups is 1. The van der Waals surface area contributed by atoms with Gasteiger partial charge in [0.05, 0.1) is 26.0 Å². The zero-order chi connectivity index (χ0) is 18.1. The van der Waals surface area contributed by atoms with Gasteiger partial charge in [-0.2, -0.15) is 5.10 Å². The number of hydrogen-bond donors (Lipinski definition) is 2. The summed E-state index contributed by atoms with van der Waals surface area (Å²) in [6, 6.07) is 18.0. The fourth-order valence-electron chi connectivity index (χ4n) is 3.44. The largest absolute Gasteiger partial charge is 0.507 e. The Balaban J connectivity index is 1.66. The van der Waals surface area contributed by atoms with Crippen LogP contribution >= 0.6 is 0 Å². The molecule has 1 aliphatic heterocycles. The van der Waals surface area contributed by atoms with E-state index in [-0.39, 0.29) is 11.8 Å². The molecule has 1 atom stereocenters.